The van der Waals surface area contributed by atoms with Gasteiger partial charge < -0.3 is 14.8 Å². The summed E-state index contributed by atoms with van der Waals surface area (Å²) in [5.41, 5.74) is 1.37. The van der Waals surface area contributed by atoms with Gasteiger partial charge in [0.25, 0.3) is 5.91 Å². The second kappa shape index (κ2) is 8.45. The van der Waals surface area contributed by atoms with Crippen LogP contribution >= 0.6 is 0 Å². The highest BCUT2D eigenvalue weighted by molar-refractivity contribution is 5.93. The van der Waals surface area contributed by atoms with Crippen LogP contribution in [0.25, 0.3) is 0 Å². The molecule has 2 aromatic rings. The highest BCUT2D eigenvalue weighted by Crippen LogP contribution is 2.09. The van der Waals surface area contributed by atoms with Crippen molar-refractivity contribution in [3.63, 3.8) is 0 Å². The number of benzene rings is 1. The molecule has 0 unspecified atom stereocenters. The van der Waals surface area contributed by atoms with Crippen LogP contribution in [-0.2, 0) is 11.3 Å². The van der Waals surface area contributed by atoms with E-state index in [-0.39, 0.29) is 11.5 Å². The number of pyridine rings is 1. The lowest BCUT2D eigenvalue weighted by molar-refractivity contribution is -0.0168. The molecule has 128 valence electrons. The average molecular weight is 328 g/mol. The molecule has 1 aromatic heterocycles. The molecular formula is C19H24N2O3. The van der Waals surface area contributed by atoms with E-state index in [9.17, 15) is 4.79 Å². The lowest BCUT2D eigenvalue weighted by Crippen LogP contribution is -2.23. The third kappa shape index (κ3) is 6.38. The van der Waals surface area contributed by atoms with E-state index in [1.165, 1.54) is 6.20 Å². The molecule has 1 heterocycles. The van der Waals surface area contributed by atoms with E-state index < -0.39 is 0 Å². The van der Waals surface area contributed by atoms with Crippen molar-refractivity contribution in [1.82, 2.24) is 10.3 Å². The molecule has 0 saturated carbocycles. The van der Waals surface area contributed by atoms with Gasteiger partial charge in [-0.1, -0.05) is 30.3 Å². The number of rotatable bonds is 7. The van der Waals surface area contributed by atoms with Crippen LogP contribution in [0.1, 0.15) is 36.7 Å². The van der Waals surface area contributed by atoms with Crippen LogP contribution < -0.4 is 10.1 Å². The zero-order valence-corrected chi connectivity index (χ0v) is 14.4. The normalized spacial score (nSPS) is 11.1. The first kappa shape index (κ1) is 17.9. The SMILES string of the molecule is CC(C)(C)OCCOc1ccc(C(=O)NCc2ccccc2)cn1. The molecule has 5 heteroatoms. The molecule has 0 aliphatic rings. The van der Waals surface area contributed by atoms with E-state index >= 15 is 0 Å². The maximum atomic E-state index is 12.1. The molecule has 24 heavy (non-hydrogen) atoms. The second-order valence-electron chi connectivity index (χ2n) is 6.36. The number of hydrogen-bond donors (Lipinski definition) is 1. The first-order valence-corrected chi connectivity index (χ1v) is 7.99. The van der Waals surface area contributed by atoms with Gasteiger partial charge >= 0.3 is 0 Å². The number of nitrogens with zero attached hydrogens (tertiary/aromatic N) is 1. The van der Waals surface area contributed by atoms with Crippen molar-refractivity contribution in [2.75, 3.05) is 13.2 Å². The van der Waals surface area contributed by atoms with Crippen molar-refractivity contribution in [2.45, 2.75) is 32.9 Å². The molecule has 0 saturated heterocycles. The van der Waals surface area contributed by atoms with Gasteiger partial charge in [0.1, 0.15) is 6.61 Å². The van der Waals surface area contributed by atoms with Gasteiger partial charge in [-0.2, -0.15) is 0 Å². The number of ether oxygens (including phenoxy) is 2. The Labute approximate surface area is 143 Å². The maximum Gasteiger partial charge on any atom is 0.253 e. The monoisotopic (exact) mass is 328 g/mol. The zero-order valence-electron chi connectivity index (χ0n) is 14.4. The summed E-state index contributed by atoms with van der Waals surface area (Å²) in [5, 5.41) is 2.86. The minimum absolute atomic E-state index is 0.158. The Hall–Kier alpha value is -2.40. The van der Waals surface area contributed by atoms with Crippen LogP contribution in [0, 0.1) is 0 Å². The lowest BCUT2D eigenvalue weighted by Gasteiger charge is -2.19. The molecule has 1 N–H and O–H groups in total. The quantitative estimate of drug-likeness (QED) is 0.793. The summed E-state index contributed by atoms with van der Waals surface area (Å²) >= 11 is 0. The van der Waals surface area contributed by atoms with Crippen molar-refractivity contribution >= 4 is 5.91 Å². The van der Waals surface area contributed by atoms with Crippen molar-refractivity contribution in [3.8, 4) is 5.88 Å². The van der Waals surface area contributed by atoms with Crippen molar-refractivity contribution in [3.05, 3.63) is 59.8 Å². The van der Waals surface area contributed by atoms with Crippen molar-refractivity contribution in [2.24, 2.45) is 0 Å². The minimum Gasteiger partial charge on any atom is -0.475 e. The number of nitrogens with one attached hydrogen (secondary N) is 1. The Balaban J connectivity index is 1.77. The Morgan fingerprint density at radius 1 is 1.08 bits per heavy atom. The number of carbonyl (C=O) groups excluding carboxylic acids is 1. The molecule has 0 atom stereocenters. The Morgan fingerprint density at radius 2 is 1.83 bits per heavy atom. The fourth-order valence-electron chi connectivity index (χ4n) is 1.97. The predicted octanol–water partition coefficient (Wildman–Crippen LogP) is 3.21. The first-order chi connectivity index (χ1) is 11.4. The number of amides is 1. The van der Waals surface area contributed by atoms with Gasteiger partial charge in [0.15, 0.2) is 0 Å². The lowest BCUT2D eigenvalue weighted by atomic mass is 10.2. The van der Waals surface area contributed by atoms with Crippen LogP contribution in [-0.4, -0.2) is 29.7 Å². The van der Waals surface area contributed by atoms with Crippen LogP contribution in [0.5, 0.6) is 5.88 Å². The predicted molar refractivity (Wildman–Crippen MR) is 93.0 cm³/mol. The molecule has 0 bridgehead atoms. The molecule has 0 aliphatic heterocycles. The van der Waals surface area contributed by atoms with E-state index in [1.54, 1.807) is 12.1 Å². The molecule has 0 spiro atoms. The summed E-state index contributed by atoms with van der Waals surface area (Å²) in [6.45, 7) is 7.38. The summed E-state index contributed by atoms with van der Waals surface area (Å²) in [4.78, 5) is 16.2. The first-order valence-electron chi connectivity index (χ1n) is 7.99. The van der Waals surface area contributed by atoms with Crippen molar-refractivity contribution < 1.29 is 14.3 Å². The average Bonchev–Trinajstić information content (AvgIpc) is 2.57. The van der Waals surface area contributed by atoms with Crippen molar-refractivity contribution in [1.29, 1.82) is 0 Å². The van der Waals surface area contributed by atoms with E-state index in [2.05, 4.69) is 10.3 Å². The van der Waals surface area contributed by atoms with E-state index in [0.29, 0.717) is 31.2 Å². The van der Waals surface area contributed by atoms with E-state index in [4.69, 9.17) is 9.47 Å². The Kier molecular flexibility index (Phi) is 6.32. The third-order valence-electron chi connectivity index (χ3n) is 3.16. The van der Waals surface area contributed by atoms with Gasteiger partial charge in [-0.05, 0) is 32.4 Å². The molecule has 5 nitrogen and oxygen atoms in total. The van der Waals surface area contributed by atoms with Gasteiger partial charge in [-0.15, -0.1) is 0 Å². The Morgan fingerprint density at radius 3 is 2.46 bits per heavy atom. The van der Waals surface area contributed by atoms with Gasteiger partial charge in [0.2, 0.25) is 5.88 Å². The highest BCUT2D eigenvalue weighted by Gasteiger charge is 2.10. The van der Waals surface area contributed by atoms with Gasteiger partial charge in [-0.3, -0.25) is 4.79 Å². The fourth-order valence-corrected chi connectivity index (χ4v) is 1.97. The summed E-state index contributed by atoms with van der Waals surface area (Å²) in [7, 11) is 0. The molecule has 2 rings (SSSR count). The van der Waals surface area contributed by atoms with E-state index in [1.807, 2.05) is 51.1 Å². The molecular weight excluding hydrogens is 304 g/mol. The van der Waals surface area contributed by atoms with Gasteiger partial charge in [0.05, 0.1) is 17.8 Å². The molecule has 0 radical (unpaired) electrons. The third-order valence-corrected chi connectivity index (χ3v) is 3.16. The van der Waals surface area contributed by atoms with E-state index in [0.717, 1.165) is 5.56 Å². The number of aromatic nitrogens is 1. The standard InChI is InChI=1S/C19H24N2O3/c1-19(2,3)24-12-11-23-17-10-9-16(14-20-17)18(22)21-13-15-7-5-4-6-8-15/h4-10,14H,11-13H2,1-3H3,(H,21,22). The molecule has 0 fully saturated rings. The second-order valence-corrected chi connectivity index (χ2v) is 6.36. The zero-order chi connectivity index (χ0) is 17.4. The maximum absolute atomic E-state index is 12.1. The summed E-state index contributed by atoms with van der Waals surface area (Å²) in [6.07, 6.45) is 1.51. The largest absolute Gasteiger partial charge is 0.475 e. The topological polar surface area (TPSA) is 60.5 Å². The molecule has 1 aromatic carbocycles. The van der Waals surface area contributed by atoms with Crippen LogP contribution in [0.2, 0.25) is 0 Å². The van der Waals surface area contributed by atoms with Crippen LogP contribution in [0.4, 0.5) is 0 Å². The fraction of sp³-hybridized carbons (Fsp3) is 0.368. The minimum atomic E-state index is -0.183. The van der Waals surface area contributed by atoms with Crippen LogP contribution in [0.15, 0.2) is 48.7 Å². The van der Waals surface area contributed by atoms with Gasteiger partial charge in [0, 0.05) is 18.8 Å². The number of carbonyl (C=O) groups is 1. The summed E-state index contributed by atoms with van der Waals surface area (Å²) in [5.74, 6) is 0.320. The molecule has 1 amide bonds. The highest BCUT2D eigenvalue weighted by atomic mass is 16.5. The molecule has 0 aliphatic carbocycles. The summed E-state index contributed by atoms with van der Waals surface area (Å²) in [6, 6.07) is 13.2. The van der Waals surface area contributed by atoms with Gasteiger partial charge in [-0.25, -0.2) is 4.98 Å². The Bertz CT molecular complexity index is 634. The smallest absolute Gasteiger partial charge is 0.253 e. The summed E-state index contributed by atoms with van der Waals surface area (Å²) < 4.78 is 11.1. The van der Waals surface area contributed by atoms with Crippen LogP contribution in [0.3, 0.4) is 0 Å². The number of hydrogen-bond acceptors (Lipinski definition) is 4.